The third kappa shape index (κ3) is 3.25. The van der Waals surface area contributed by atoms with Crippen molar-refractivity contribution in [2.24, 2.45) is 17.6 Å². The second-order valence-corrected chi connectivity index (χ2v) is 6.88. The van der Waals surface area contributed by atoms with E-state index in [-0.39, 0.29) is 23.5 Å². The predicted molar refractivity (Wildman–Crippen MR) is 89.8 cm³/mol. The highest BCUT2D eigenvalue weighted by molar-refractivity contribution is 6.09. The molecule has 1 aromatic carbocycles. The zero-order valence-electron chi connectivity index (χ0n) is 14.3. The van der Waals surface area contributed by atoms with Crippen molar-refractivity contribution in [1.29, 1.82) is 0 Å². The second kappa shape index (κ2) is 7.07. The van der Waals surface area contributed by atoms with Gasteiger partial charge in [-0.25, -0.2) is 8.78 Å². The molecule has 0 radical (unpaired) electrons. The standard InChI is InChI=1S/C18H23F2N3O2/c1-11-3-2-7-23(16(11)10-21)18(25)13-6-8-22(17(13)24)12-4-5-14(19)15(20)9-12/h4-5,9,11,13,16H,2-3,6-8,10,21H2,1H3/t11-,13+,16-/m1/s1. The molecule has 5 nitrogen and oxygen atoms in total. The van der Waals surface area contributed by atoms with Crippen LogP contribution in [0.5, 0.6) is 0 Å². The van der Waals surface area contributed by atoms with Crippen LogP contribution in [0.15, 0.2) is 18.2 Å². The predicted octanol–water partition coefficient (Wildman–Crippen LogP) is 1.90. The van der Waals surface area contributed by atoms with Crippen molar-refractivity contribution >= 4 is 17.5 Å². The van der Waals surface area contributed by atoms with Gasteiger partial charge in [0.15, 0.2) is 11.6 Å². The number of piperidine rings is 1. The quantitative estimate of drug-likeness (QED) is 0.846. The maximum Gasteiger partial charge on any atom is 0.239 e. The lowest BCUT2D eigenvalue weighted by molar-refractivity contribution is -0.143. The average Bonchev–Trinajstić information content (AvgIpc) is 2.98. The van der Waals surface area contributed by atoms with Gasteiger partial charge >= 0.3 is 0 Å². The van der Waals surface area contributed by atoms with Crippen molar-refractivity contribution in [2.45, 2.75) is 32.2 Å². The molecular formula is C18H23F2N3O2. The Morgan fingerprint density at radius 2 is 2.00 bits per heavy atom. The molecule has 0 aromatic heterocycles. The van der Waals surface area contributed by atoms with Crippen LogP contribution >= 0.6 is 0 Å². The minimum Gasteiger partial charge on any atom is -0.337 e. The summed E-state index contributed by atoms with van der Waals surface area (Å²) in [6.45, 7) is 3.37. The number of hydrogen-bond acceptors (Lipinski definition) is 3. The molecule has 136 valence electrons. The first-order valence-electron chi connectivity index (χ1n) is 8.71. The highest BCUT2D eigenvalue weighted by Crippen LogP contribution is 2.30. The Balaban J connectivity index is 1.76. The minimum absolute atomic E-state index is 0.0497. The summed E-state index contributed by atoms with van der Waals surface area (Å²) in [5.41, 5.74) is 6.12. The Morgan fingerprint density at radius 3 is 2.68 bits per heavy atom. The van der Waals surface area contributed by atoms with E-state index in [0.717, 1.165) is 25.0 Å². The average molecular weight is 351 g/mol. The summed E-state index contributed by atoms with van der Waals surface area (Å²) < 4.78 is 26.5. The van der Waals surface area contributed by atoms with Crippen molar-refractivity contribution in [3.63, 3.8) is 0 Å². The Morgan fingerprint density at radius 1 is 1.24 bits per heavy atom. The summed E-state index contributed by atoms with van der Waals surface area (Å²) in [5, 5.41) is 0. The summed E-state index contributed by atoms with van der Waals surface area (Å²) >= 11 is 0. The van der Waals surface area contributed by atoms with Crippen LogP contribution in [-0.4, -0.2) is 42.4 Å². The number of amides is 2. The van der Waals surface area contributed by atoms with Gasteiger partial charge in [0.1, 0.15) is 5.92 Å². The molecule has 3 atom stereocenters. The number of carbonyl (C=O) groups excluding carboxylic acids is 2. The normalized spacial score (nSPS) is 27.0. The van der Waals surface area contributed by atoms with Crippen LogP contribution in [0.4, 0.5) is 14.5 Å². The van der Waals surface area contributed by atoms with Gasteiger partial charge in [-0.1, -0.05) is 6.92 Å². The molecule has 3 rings (SSSR count). The molecule has 7 heteroatoms. The fourth-order valence-electron chi connectivity index (χ4n) is 3.90. The number of benzene rings is 1. The number of rotatable bonds is 3. The molecule has 2 aliphatic rings. The van der Waals surface area contributed by atoms with Gasteiger partial charge < -0.3 is 15.5 Å². The summed E-state index contributed by atoms with van der Waals surface area (Å²) in [4.78, 5) is 28.7. The fourth-order valence-corrected chi connectivity index (χ4v) is 3.90. The first kappa shape index (κ1) is 17.8. The Hall–Kier alpha value is -2.02. The highest BCUT2D eigenvalue weighted by Gasteiger charge is 2.42. The number of hydrogen-bond donors (Lipinski definition) is 1. The Labute approximate surface area is 145 Å². The maximum atomic E-state index is 13.4. The van der Waals surface area contributed by atoms with Gasteiger partial charge in [0.05, 0.1) is 0 Å². The molecule has 25 heavy (non-hydrogen) atoms. The summed E-state index contributed by atoms with van der Waals surface area (Å²) in [5.74, 6) is -2.99. The van der Waals surface area contributed by atoms with E-state index in [1.165, 1.54) is 11.0 Å². The molecule has 0 spiro atoms. The van der Waals surface area contributed by atoms with E-state index in [2.05, 4.69) is 6.92 Å². The summed E-state index contributed by atoms with van der Waals surface area (Å²) in [6.07, 6.45) is 2.29. The van der Waals surface area contributed by atoms with Gasteiger partial charge in [-0.05, 0) is 37.3 Å². The van der Waals surface area contributed by atoms with Gasteiger partial charge in [0.25, 0.3) is 0 Å². The van der Waals surface area contributed by atoms with Crippen LogP contribution in [0.2, 0.25) is 0 Å². The van der Waals surface area contributed by atoms with Crippen molar-refractivity contribution in [2.75, 3.05) is 24.5 Å². The van der Waals surface area contributed by atoms with Crippen LogP contribution < -0.4 is 10.6 Å². The van der Waals surface area contributed by atoms with E-state index >= 15 is 0 Å². The molecule has 2 N–H and O–H groups in total. The van der Waals surface area contributed by atoms with Crippen molar-refractivity contribution in [3.05, 3.63) is 29.8 Å². The number of halogens is 2. The number of anilines is 1. The Bertz CT molecular complexity index is 682. The third-order valence-electron chi connectivity index (χ3n) is 5.36. The molecule has 2 saturated heterocycles. The lowest BCUT2D eigenvalue weighted by atomic mass is 9.89. The first-order chi connectivity index (χ1) is 11.9. The van der Waals surface area contributed by atoms with E-state index in [0.29, 0.717) is 32.0 Å². The monoisotopic (exact) mass is 351 g/mol. The largest absolute Gasteiger partial charge is 0.337 e. The summed E-state index contributed by atoms with van der Waals surface area (Å²) in [6, 6.07) is 3.29. The van der Waals surface area contributed by atoms with E-state index < -0.39 is 17.6 Å². The highest BCUT2D eigenvalue weighted by atomic mass is 19.2. The molecule has 1 aromatic rings. The van der Waals surface area contributed by atoms with Crippen LogP contribution in [0.25, 0.3) is 0 Å². The topological polar surface area (TPSA) is 66.6 Å². The van der Waals surface area contributed by atoms with E-state index in [4.69, 9.17) is 5.73 Å². The van der Waals surface area contributed by atoms with E-state index in [1.54, 1.807) is 4.90 Å². The third-order valence-corrected chi connectivity index (χ3v) is 5.36. The lowest BCUT2D eigenvalue weighted by Gasteiger charge is -2.40. The molecule has 0 unspecified atom stereocenters. The van der Waals surface area contributed by atoms with Gasteiger partial charge in [-0.15, -0.1) is 0 Å². The molecule has 2 heterocycles. The van der Waals surface area contributed by atoms with Crippen LogP contribution in [0, 0.1) is 23.5 Å². The molecule has 0 bridgehead atoms. The zero-order chi connectivity index (χ0) is 18.1. The number of nitrogens with two attached hydrogens (primary N) is 1. The van der Waals surface area contributed by atoms with Crippen LogP contribution in [0.1, 0.15) is 26.2 Å². The zero-order valence-corrected chi connectivity index (χ0v) is 14.3. The smallest absolute Gasteiger partial charge is 0.239 e. The maximum absolute atomic E-state index is 13.4. The van der Waals surface area contributed by atoms with Crippen molar-refractivity contribution in [3.8, 4) is 0 Å². The minimum atomic E-state index is -1.01. The number of nitrogens with zero attached hydrogens (tertiary/aromatic N) is 2. The molecule has 0 saturated carbocycles. The fraction of sp³-hybridized carbons (Fsp3) is 0.556. The van der Waals surface area contributed by atoms with E-state index in [9.17, 15) is 18.4 Å². The molecule has 2 amide bonds. The van der Waals surface area contributed by atoms with Gasteiger partial charge in [-0.3, -0.25) is 9.59 Å². The molecule has 2 aliphatic heterocycles. The van der Waals surface area contributed by atoms with Crippen LogP contribution in [0.3, 0.4) is 0 Å². The van der Waals surface area contributed by atoms with Gasteiger partial charge in [0.2, 0.25) is 11.8 Å². The molecule has 2 fully saturated rings. The van der Waals surface area contributed by atoms with Crippen molar-refractivity contribution < 1.29 is 18.4 Å². The SMILES string of the molecule is C[C@@H]1CCCN(C(=O)[C@H]2CCN(c3ccc(F)c(F)c3)C2=O)[C@@H]1CN. The molecular weight excluding hydrogens is 328 g/mol. The summed E-state index contributed by atoms with van der Waals surface area (Å²) in [7, 11) is 0. The Kier molecular flexibility index (Phi) is 5.03. The lowest BCUT2D eigenvalue weighted by Crippen LogP contribution is -2.54. The van der Waals surface area contributed by atoms with E-state index in [1.807, 2.05) is 0 Å². The van der Waals surface area contributed by atoms with Crippen molar-refractivity contribution in [1.82, 2.24) is 4.90 Å². The molecule has 0 aliphatic carbocycles. The number of carbonyl (C=O) groups is 2. The van der Waals surface area contributed by atoms with Gasteiger partial charge in [-0.2, -0.15) is 0 Å². The second-order valence-electron chi connectivity index (χ2n) is 6.88. The number of likely N-dealkylation sites (tertiary alicyclic amines) is 1. The van der Waals surface area contributed by atoms with Crippen LogP contribution in [-0.2, 0) is 9.59 Å². The first-order valence-corrected chi connectivity index (χ1v) is 8.71. The van der Waals surface area contributed by atoms with Gasteiger partial charge in [0, 0.05) is 37.4 Å².